The number of carbonyl (C=O) groups excluding carboxylic acids is 1. The summed E-state index contributed by atoms with van der Waals surface area (Å²) in [6.07, 6.45) is -3.90. The molecule has 14 unspecified atom stereocenters. The molecule has 1 aliphatic carbocycles. The van der Waals surface area contributed by atoms with Gasteiger partial charge in [-0.05, 0) is 32.1 Å². The summed E-state index contributed by atoms with van der Waals surface area (Å²) in [5.41, 5.74) is 30.6. The van der Waals surface area contributed by atoms with E-state index in [1.807, 2.05) is 0 Å². The molecule has 1 amide bonds. The van der Waals surface area contributed by atoms with E-state index < -0.39 is 67.5 Å². The smallest absolute Gasteiger partial charge is 0.217 e. The number of hydrogen-bond donors (Lipinski definition) is 8. The van der Waals surface area contributed by atoms with Crippen LogP contribution in [0.5, 0.6) is 0 Å². The molecular weight excluding hydrogens is 528 g/mol. The molecule has 0 radical (unpaired) electrons. The highest BCUT2D eigenvalue weighted by Crippen LogP contribution is 2.34. The number of nitrogens with one attached hydrogen (secondary N) is 1. The standard InChI is InChI=1S/C25H48N6O9/c1-11(33)31-17-6-16(30)22(40-25-15(29)5-3-13(9-27)36-25)23(21(17)34)39-20-7-18(19(10-32)37-20)38-24-14(28)4-2-12(8-26)35-24/h12-25,32,34H,2-10,26-30H2,1H3,(H,31,33). The number of rotatable bonds is 10. The number of aliphatic hydroxyl groups excluding tert-OH is 2. The number of amides is 1. The number of nitrogens with two attached hydrogens (primary N) is 5. The molecule has 4 aliphatic rings. The fraction of sp³-hybridized carbons (Fsp3) is 0.960. The number of aliphatic hydroxyl groups is 2. The lowest BCUT2D eigenvalue weighted by atomic mass is 9.83. The summed E-state index contributed by atoms with van der Waals surface area (Å²) in [6, 6.07) is -2.09. The normalized spacial score (nSPS) is 46.3. The maximum absolute atomic E-state index is 11.8. The second-order valence-corrected chi connectivity index (χ2v) is 11.3. The molecule has 0 spiro atoms. The van der Waals surface area contributed by atoms with Gasteiger partial charge < -0.3 is 72.6 Å². The number of carbonyl (C=O) groups is 1. The molecule has 0 aromatic rings. The fourth-order valence-electron chi connectivity index (χ4n) is 5.91. The van der Waals surface area contributed by atoms with Crippen molar-refractivity contribution in [3.05, 3.63) is 0 Å². The maximum Gasteiger partial charge on any atom is 0.217 e. The molecule has 0 aromatic carbocycles. The van der Waals surface area contributed by atoms with Gasteiger partial charge in [0.25, 0.3) is 0 Å². The van der Waals surface area contributed by atoms with E-state index >= 15 is 0 Å². The van der Waals surface area contributed by atoms with Crippen molar-refractivity contribution in [3.8, 4) is 0 Å². The van der Waals surface area contributed by atoms with E-state index in [4.69, 9.17) is 57.1 Å². The van der Waals surface area contributed by atoms with Crippen molar-refractivity contribution in [2.24, 2.45) is 28.7 Å². The van der Waals surface area contributed by atoms with Gasteiger partial charge in [0.1, 0.15) is 24.4 Å². The average Bonchev–Trinajstić information content (AvgIpc) is 3.32. The first-order chi connectivity index (χ1) is 19.1. The molecule has 15 nitrogen and oxygen atoms in total. The van der Waals surface area contributed by atoms with Crippen LogP contribution >= 0.6 is 0 Å². The van der Waals surface area contributed by atoms with Crippen LogP contribution < -0.4 is 34.0 Å². The molecule has 13 N–H and O–H groups in total. The molecular formula is C25H48N6O9. The van der Waals surface area contributed by atoms with E-state index in [1.165, 1.54) is 6.92 Å². The van der Waals surface area contributed by atoms with Crippen LogP contribution in [-0.4, -0.2) is 122 Å². The van der Waals surface area contributed by atoms with Gasteiger partial charge in [0.15, 0.2) is 18.9 Å². The lowest BCUT2D eigenvalue weighted by Gasteiger charge is -2.46. The highest BCUT2D eigenvalue weighted by molar-refractivity contribution is 5.73. The molecule has 1 saturated carbocycles. The Morgan fingerprint density at radius 3 is 2.00 bits per heavy atom. The van der Waals surface area contributed by atoms with Crippen molar-refractivity contribution < 1.29 is 43.4 Å². The molecule has 15 heteroatoms. The third-order valence-corrected chi connectivity index (χ3v) is 8.19. The van der Waals surface area contributed by atoms with Crippen molar-refractivity contribution in [1.82, 2.24) is 5.32 Å². The summed E-state index contributed by atoms with van der Waals surface area (Å²) in [4.78, 5) is 11.8. The van der Waals surface area contributed by atoms with Crippen LogP contribution in [0.4, 0.5) is 0 Å². The maximum atomic E-state index is 11.8. The van der Waals surface area contributed by atoms with E-state index in [1.54, 1.807) is 0 Å². The Morgan fingerprint density at radius 2 is 1.45 bits per heavy atom. The highest BCUT2D eigenvalue weighted by atomic mass is 16.7. The number of hydrogen-bond acceptors (Lipinski definition) is 14. The van der Waals surface area contributed by atoms with Crippen LogP contribution in [0.1, 0.15) is 45.4 Å². The van der Waals surface area contributed by atoms with Gasteiger partial charge in [0, 0.05) is 32.5 Å². The van der Waals surface area contributed by atoms with Gasteiger partial charge in [-0.2, -0.15) is 0 Å². The van der Waals surface area contributed by atoms with Crippen LogP contribution in [0, 0.1) is 0 Å². The number of ether oxygens (including phenoxy) is 6. The fourth-order valence-corrected chi connectivity index (χ4v) is 5.91. The van der Waals surface area contributed by atoms with Gasteiger partial charge in [-0.15, -0.1) is 0 Å². The van der Waals surface area contributed by atoms with Crippen LogP contribution in [0.25, 0.3) is 0 Å². The molecule has 3 heterocycles. The second-order valence-electron chi connectivity index (χ2n) is 11.3. The molecule has 0 aromatic heterocycles. The lowest BCUT2D eigenvalue weighted by molar-refractivity contribution is -0.281. The topological polar surface area (TPSA) is 255 Å². The SMILES string of the molecule is CC(=O)NC1CC(N)C(OC2OC(CN)CCC2N)C(OC2CC(OC3OC(CN)CCC3N)C(CO)O2)C1O. The summed E-state index contributed by atoms with van der Waals surface area (Å²) < 4.78 is 36.5. The zero-order valence-electron chi connectivity index (χ0n) is 23.1. The van der Waals surface area contributed by atoms with Crippen molar-refractivity contribution >= 4 is 5.91 Å². The minimum absolute atomic E-state index is 0.165. The molecule has 3 aliphatic heterocycles. The third kappa shape index (κ3) is 7.66. The van der Waals surface area contributed by atoms with Crippen molar-refractivity contribution in [2.75, 3.05) is 19.7 Å². The van der Waals surface area contributed by atoms with Gasteiger partial charge in [-0.1, -0.05) is 0 Å². The first kappa shape index (κ1) is 31.9. The zero-order chi connectivity index (χ0) is 29.0. The Balaban J connectivity index is 1.47. The Hall–Kier alpha value is -1.05. The predicted molar refractivity (Wildman–Crippen MR) is 141 cm³/mol. The van der Waals surface area contributed by atoms with Gasteiger partial charge in [0.2, 0.25) is 5.91 Å². The molecule has 40 heavy (non-hydrogen) atoms. The van der Waals surface area contributed by atoms with Crippen molar-refractivity contribution in [2.45, 2.75) is 131 Å². The third-order valence-electron chi connectivity index (χ3n) is 8.19. The first-order valence-corrected chi connectivity index (χ1v) is 14.3. The summed E-state index contributed by atoms with van der Waals surface area (Å²) in [7, 11) is 0. The van der Waals surface area contributed by atoms with E-state index in [0.29, 0.717) is 32.4 Å². The highest BCUT2D eigenvalue weighted by Gasteiger charge is 2.50. The average molecular weight is 577 g/mol. The largest absolute Gasteiger partial charge is 0.394 e. The van der Waals surface area contributed by atoms with E-state index in [0.717, 1.165) is 6.42 Å². The minimum Gasteiger partial charge on any atom is -0.394 e. The van der Waals surface area contributed by atoms with E-state index in [2.05, 4.69) is 5.32 Å². The summed E-state index contributed by atoms with van der Waals surface area (Å²) in [6.45, 7) is 1.69. The Morgan fingerprint density at radius 1 is 0.850 bits per heavy atom. The van der Waals surface area contributed by atoms with E-state index in [-0.39, 0.29) is 43.6 Å². The van der Waals surface area contributed by atoms with Crippen LogP contribution in [-0.2, 0) is 33.2 Å². The summed E-state index contributed by atoms with van der Waals surface area (Å²) in [5, 5.41) is 24.0. The van der Waals surface area contributed by atoms with Gasteiger partial charge >= 0.3 is 0 Å². The Labute approximate surface area is 234 Å². The molecule has 14 atom stereocenters. The quantitative estimate of drug-likeness (QED) is 0.125. The van der Waals surface area contributed by atoms with Gasteiger partial charge in [0.05, 0.1) is 43.0 Å². The Kier molecular flexibility index (Phi) is 11.5. The molecule has 3 saturated heterocycles. The predicted octanol–water partition coefficient (Wildman–Crippen LogP) is -3.57. The minimum atomic E-state index is -1.18. The first-order valence-electron chi connectivity index (χ1n) is 14.3. The second kappa shape index (κ2) is 14.4. The van der Waals surface area contributed by atoms with Crippen LogP contribution in [0.3, 0.4) is 0 Å². The summed E-state index contributed by atoms with van der Waals surface area (Å²) >= 11 is 0. The monoisotopic (exact) mass is 576 g/mol. The van der Waals surface area contributed by atoms with Crippen molar-refractivity contribution in [1.29, 1.82) is 0 Å². The molecule has 0 bridgehead atoms. The Bertz CT molecular complexity index is 817. The zero-order valence-corrected chi connectivity index (χ0v) is 23.1. The molecule has 4 fully saturated rings. The molecule has 4 rings (SSSR count). The molecule has 232 valence electrons. The van der Waals surface area contributed by atoms with E-state index in [9.17, 15) is 15.0 Å². The van der Waals surface area contributed by atoms with Gasteiger partial charge in [-0.3, -0.25) is 4.79 Å². The van der Waals surface area contributed by atoms with Crippen molar-refractivity contribution in [3.63, 3.8) is 0 Å². The van der Waals surface area contributed by atoms with Crippen LogP contribution in [0.2, 0.25) is 0 Å². The summed E-state index contributed by atoms with van der Waals surface area (Å²) in [5.74, 6) is -0.316. The lowest BCUT2D eigenvalue weighted by Crippen LogP contribution is -2.66. The van der Waals surface area contributed by atoms with Gasteiger partial charge in [-0.25, -0.2) is 0 Å². The van der Waals surface area contributed by atoms with Crippen LogP contribution in [0.15, 0.2) is 0 Å².